The summed E-state index contributed by atoms with van der Waals surface area (Å²) in [5, 5.41) is 8.67. The third-order valence-corrected chi connectivity index (χ3v) is 7.94. The molecule has 0 aliphatic rings. The predicted molar refractivity (Wildman–Crippen MR) is 172 cm³/mol. The van der Waals surface area contributed by atoms with E-state index in [1.807, 2.05) is 0 Å². The van der Waals surface area contributed by atoms with E-state index >= 15 is 0 Å². The summed E-state index contributed by atoms with van der Waals surface area (Å²) in [7, 11) is 0. The standard InChI is InChI=1S/C18H38O.C18H36O/c2*1-2-3-4-5-6-7-8-9-10-11-12-13-14-15-16-17-18-19/h19H,2-18H2,1H3;18H,2-17H2,1H3. The molecule has 38 heavy (non-hydrogen) atoms. The highest BCUT2D eigenvalue weighted by molar-refractivity contribution is 5.48. The normalized spacial score (nSPS) is 10.9. The Kier molecular flexibility index (Phi) is 43.0. The summed E-state index contributed by atoms with van der Waals surface area (Å²) < 4.78 is 0. The summed E-state index contributed by atoms with van der Waals surface area (Å²) >= 11 is 0. The molecule has 0 aromatic carbocycles. The number of hydrogen-bond acceptors (Lipinski definition) is 2. The number of aliphatic hydroxyl groups excluding tert-OH is 1. The molecule has 0 fully saturated rings. The second-order valence-corrected chi connectivity index (χ2v) is 11.9. The topological polar surface area (TPSA) is 37.3 Å². The second kappa shape index (κ2) is 41.1. The summed E-state index contributed by atoms with van der Waals surface area (Å²) in [6.07, 6.45) is 44.8. The van der Waals surface area contributed by atoms with Gasteiger partial charge in [-0.3, -0.25) is 0 Å². The molecule has 0 amide bonds. The van der Waals surface area contributed by atoms with E-state index in [1.54, 1.807) is 0 Å². The Bertz CT molecular complexity index is 366. The molecule has 0 aliphatic heterocycles. The van der Waals surface area contributed by atoms with E-state index in [0.717, 1.165) is 25.5 Å². The Labute approximate surface area is 241 Å². The summed E-state index contributed by atoms with van der Waals surface area (Å²) in [5.41, 5.74) is 0. The molecule has 0 aromatic rings. The lowest BCUT2D eigenvalue weighted by atomic mass is 10.0. The molecule has 0 rings (SSSR count). The van der Waals surface area contributed by atoms with E-state index in [0.29, 0.717) is 6.61 Å². The molecular weight excluding hydrogens is 464 g/mol. The average Bonchev–Trinajstić information content (AvgIpc) is 2.93. The van der Waals surface area contributed by atoms with Crippen LogP contribution in [-0.4, -0.2) is 18.0 Å². The number of unbranched alkanes of at least 4 members (excludes halogenated alkanes) is 30. The minimum absolute atomic E-state index is 0.373. The maximum atomic E-state index is 10.1. The summed E-state index contributed by atoms with van der Waals surface area (Å²) in [4.78, 5) is 10.1. The minimum atomic E-state index is 0.373. The van der Waals surface area contributed by atoms with Crippen LogP contribution in [0.25, 0.3) is 0 Å². The fourth-order valence-electron chi connectivity index (χ4n) is 5.26. The summed E-state index contributed by atoms with van der Waals surface area (Å²) in [6, 6.07) is 0. The van der Waals surface area contributed by atoms with Crippen molar-refractivity contribution in [2.45, 2.75) is 219 Å². The molecule has 0 atom stereocenters. The van der Waals surface area contributed by atoms with Gasteiger partial charge in [-0.25, -0.2) is 0 Å². The zero-order valence-electron chi connectivity index (χ0n) is 26.8. The first-order chi connectivity index (χ1) is 18.8. The van der Waals surface area contributed by atoms with Gasteiger partial charge in [0, 0.05) is 13.0 Å². The molecule has 0 bridgehead atoms. The van der Waals surface area contributed by atoms with Crippen LogP contribution in [0.4, 0.5) is 0 Å². The quantitative estimate of drug-likeness (QED) is 0.0683. The van der Waals surface area contributed by atoms with Crippen molar-refractivity contribution in [1.29, 1.82) is 0 Å². The van der Waals surface area contributed by atoms with Crippen LogP contribution in [0.3, 0.4) is 0 Å². The highest BCUT2D eigenvalue weighted by Gasteiger charge is 1.95. The van der Waals surface area contributed by atoms with Crippen LogP contribution in [0.15, 0.2) is 0 Å². The lowest BCUT2D eigenvalue weighted by molar-refractivity contribution is -0.107. The van der Waals surface area contributed by atoms with Gasteiger partial charge in [-0.05, 0) is 12.8 Å². The van der Waals surface area contributed by atoms with E-state index in [-0.39, 0.29) is 0 Å². The van der Waals surface area contributed by atoms with Gasteiger partial charge in [0.15, 0.2) is 0 Å². The van der Waals surface area contributed by atoms with E-state index in [1.165, 1.54) is 186 Å². The minimum Gasteiger partial charge on any atom is -0.396 e. The average molecular weight is 539 g/mol. The lowest BCUT2D eigenvalue weighted by Gasteiger charge is -2.03. The number of carbonyl (C=O) groups excluding carboxylic acids is 1. The fourth-order valence-corrected chi connectivity index (χ4v) is 5.26. The summed E-state index contributed by atoms with van der Waals surface area (Å²) in [6.45, 7) is 4.94. The van der Waals surface area contributed by atoms with E-state index in [4.69, 9.17) is 5.11 Å². The van der Waals surface area contributed by atoms with Crippen molar-refractivity contribution in [2.75, 3.05) is 6.61 Å². The molecule has 2 heteroatoms. The second-order valence-electron chi connectivity index (χ2n) is 11.9. The Morgan fingerprint density at radius 3 is 0.763 bits per heavy atom. The van der Waals surface area contributed by atoms with Gasteiger partial charge >= 0.3 is 0 Å². The van der Waals surface area contributed by atoms with Gasteiger partial charge in [0.1, 0.15) is 6.29 Å². The van der Waals surface area contributed by atoms with E-state index in [2.05, 4.69) is 13.8 Å². The zero-order valence-corrected chi connectivity index (χ0v) is 26.8. The molecule has 230 valence electrons. The van der Waals surface area contributed by atoms with Crippen LogP contribution in [-0.2, 0) is 4.79 Å². The van der Waals surface area contributed by atoms with E-state index < -0.39 is 0 Å². The highest BCUT2D eigenvalue weighted by atomic mass is 16.2. The van der Waals surface area contributed by atoms with Crippen molar-refractivity contribution in [3.8, 4) is 0 Å². The first kappa shape index (κ1) is 39.8. The summed E-state index contributed by atoms with van der Waals surface area (Å²) in [5.74, 6) is 0. The molecule has 0 heterocycles. The van der Waals surface area contributed by atoms with Gasteiger partial charge < -0.3 is 9.90 Å². The lowest BCUT2D eigenvalue weighted by Crippen LogP contribution is -1.85. The molecule has 2 nitrogen and oxygen atoms in total. The maximum Gasteiger partial charge on any atom is 0.119 e. The van der Waals surface area contributed by atoms with Gasteiger partial charge in [0.2, 0.25) is 0 Å². The largest absolute Gasteiger partial charge is 0.396 e. The molecule has 0 radical (unpaired) electrons. The number of aliphatic hydroxyl groups is 1. The Morgan fingerprint density at radius 1 is 0.342 bits per heavy atom. The monoisotopic (exact) mass is 539 g/mol. The van der Waals surface area contributed by atoms with E-state index in [9.17, 15) is 4.79 Å². The van der Waals surface area contributed by atoms with Crippen LogP contribution >= 0.6 is 0 Å². The molecule has 0 unspecified atom stereocenters. The van der Waals surface area contributed by atoms with Crippen LogP contribution in [0.5, 0.6) is 0 Å². The van der Waals surface area contributed by atoms with Crippen molar-refractivity contribution >= 4 is 6.29 Å². The molecule has 0 spiro atoms. The smallest absolute Gasteiger partial charge is 0.119 e. The van der Waals surface area contributed by atoms with Gasteiger partial charge in [0.05, 0.1) is 0 Å². The van der Waals surface area contributed by atoms with Crippen LogP contribution in [0, 0.1) is 0 Å². The predicted octanol–water partition coefficient (Wildman–Crippen LogP) is 12.7. The molecule has 0 saturated carbocycles. The maximum absolute atomic E-state index is 10.1. The third kappa shape index (κ3) is 42.7. The molecule has 0 saturated heterocycles. The number of hydrogen-bond donors (Lipinski definition) is 1. The SMILES string of the molecule is CCCCCCCCCCCCCCCCCC=O.CCCCCCCCCCCCCCCCCCO. The first-order valence-corrected chi connectivity index (χ1v) is 17.9. The van der Waals surface area contributed by atoms with Gasteiger partial charge in [-0.2, -0.15) is 0 Å². The van der Waals surface area contributed by atoms with Crippen LogP contribution < -0.4 is 0 Å². The van der Waals surface area contributed by atoms with Gasteiger partial charge in [-0.1, -0.05) is 200 Å². The van der Waals surface area contributed by atoms with Gasteiger partial charge in [-0.15, -0.1) is 0 Å². The van der Waals surface area contributed by atoms with Crippen molar-refractivity contribution in [1.82, 2.24) is 0 Å². The highest BCUT2D eigenvalue weighted by Crippen LogP contribution is 2.15. The van der Waals surface area contributed by atoms with Gasteiger partial charge in [0.25, 0.3) is 0 Å². The van der Waals surface area contributed by atoms with Crippen molar-refractivity contribution in [3.05, 3.63) is 0 Å². The number of aldehydes is 1. The zero-order chi connectivity index (χ0) is 28.0. The fraction of sp³-hybridized carbons (Fsp3) is 0.972. The van der Waals surface area contributed by atoms with Crippen molar-refractivity contribution < 1.29 is 9.90 Å². The first-order valence-electron chi connectivity index (χ1n) is 17.9. The number of rotatable bonds is 32. The Balaban J connectivity index is 0. The molecule has 1 N–H and O–H groups in total. The molecule has 0 aromatic heterocycles. The Morgan fingerprint density at radius 2 is 0.553 bits per heavy atom. The van der Waals surface area contributed by atoms with Crippen LogP contribution in [0.2, 0.25) is 0 Å². The number of carbonyl (C=O) groups is 1. The van der Waals surface area contributed by atoms with Crippen molar-refractivity contribution in [2.24, 2.45) is 0 Å². The van der Waals surface area contributed by atoms with Crippen LogP contribution in [0.1, 0.15) is 219 Å². The third-order valence-electron chi connectivity index (χ3n) is 7.94. The molecule has 0 aliphatic carbocycles. The Hall–Kier alpha value is -0.370. The van der Waals surface area contributed by atoms with Crippen molar-refractivity contribution in [3.63, 3.8) is 0 Å². The molecular formula is C36H74O2.